The molecule has 1 saturated heterocycles. The SMILES string of the molecule is COC(=O)N1CCC(Nc2nc3nn(-c4c(C)cc(C)cc4O)cc3s2)C1. The van der Waals surface area contributed by atoms with Crippen LogP contribution in [0.15, 0.2) is 18.3 Å². The minimum Gasteiger partial charge on any atom is -0.506 e. The zero-order valence-electron chi connectivity index (χ0n) is 15.4. The quantitative estimate of drug-likeness (QED) is 0.718. The minimum absolute atomic E-state index is 0.148. The van der Waals surface area contributed by atoms with E-state index in [1.165, 1.54) is 18.4 Å². The molecule has 1 atom stereocenters. The molecule has 0 bridgehead atoms. The van der Waals surface area contributed by atoms with E-state index in [-0.39, 0.29) is 17.9 Å². The molecule has 3 aromatic rings. The van der Waals surface area contributed by atoms with E-state index in [0.717, 1.165) is 27.4 Å². The maximum Gasteiger partial charge on any atom is 0.409 e. The van der Waals surface area contributed by atoms with E-state index in [2.05, 4.69) is 15.4 Å². The third-order valence-corrected chi connectivity index (χ3v) is 5.59. The van der Waals surface area contributed by atoms with E-state index in [0.29, 0.717) is 24.4 Å². The van der Waals surface area contributed by atoms with Crippen LogP contribution in [0.1, 0.15) is 17.5 Å². The van der Waals surface area contributed by atoms with Crippen LogP contribution in [-0.2, 0) is 4.74 Å². The number of carbonyl (C=O) groups excluding carboxylic acids is 1. The lowest BCUT2D eigenvalue weighted by Gasteiger charge is -2.14. The van der Waals surface area contributed by atoms with Gasteiger partial charge in [0.2, 0.25) is 0 Å². The number of phenols is 1. The lowest BCUT2D eigenvalue weighted by molar-refractivity contribution is 0.133. The number of nitrogens with zero attached hydrogens (tertiary/aromatic N) is 4. The van der Waals surface area contributed by atoms with Gasteiger partial charge in [-0.15, -0.1) is 5.10 Å². The Balaban J connectivity index is 1.53. The first-order chi connectivity index (χ1) is 12.9. The van der Waals surface area contributed by atoms with Gasteiger partial charge in [-0.05, 0) is 37.5 Å². The predicted octanol–water partition coefficient (Wildman–Crippen LogP) is 3.06. The smallest absolute Gasteiger partial charge is 0.409 e. The van der Waals surface area contributed by atoms with E-state index in [1.807, 2.05) is 26.1 Å². The van der Waals surface area contributed by atoms with Crippen molar-refractivity contribution in [1.29, 1.82) is 0 Å². The number of amides is 1. The second-order valence-corrected chi connectivity index (χ2v) is 7.81. The summed E-state index contributed by atoms with van der Waals surface area (Å²) in [6.07, 6.45) is 2.43. The zero-order valence-corrected chi connectivity index (χ0v) is 16.2. The van der Waals surface area contributed by atoms with Gasteiger partial charge in [-0.25, -0.2) is 9.48 Å². The largest absolute Gasteiger partial charge is 0.506 e. The molecule has 27 heavy (non-hydrogen) atoms. The fraction of sp³-hybridized carbons (Fsp3) is 0.389. The van der Waals surface area contributed by atoms with E-state index in [4.69, 9.17) is 4.74 Å². The molecule has 2 aromatic heterocycles. The highest BCUT2D eigenvalue weighted by molar-refractivity contribution is 7.22. The van der Waals surface area contributed by atoms with Crippen LogP contribution in [0.5, 0.6) is 5.75 Å². The van der Waals surface area contributed by atoms with E-state index >= 15 is 0 Å². The number of likely N-dealkylation sites (tertiary alicyclic amines) is 1. The maximum absolute atomic E-state index is 11.6. The molecule has 9 heteroatoms. The van der Waals surface area contributed by atoms with Crippen molar-refractivity contribution in [2.45, 2.75) is 26.3 Å². The van der Waals surface area contributed by atoms with Crippen molar-refractivity contribution in [2.24, 2.45) is 0 Å². The third-order valence-electron chi connectivity index (χ3n) is 4.68. The number of hydrogen-bond donors (Lipinski definition) is 2. The lowest BCUT2D eigenvalue weighted by Crippen LogP contribution is -2.31. The van der Waals surface area contributed by atoms with Crippen LogP contribution in [0.3, 0.4) is 0 Å². The highest BCUT2D eigenvalue weighted by Gasteiger charge is 2.27. The number of rotatable bonds is 3. The Morgan fingerprint density at radius 3 is 2.93 bits per heavy atom. The van der Waals surface area contributed by atoms with Crippen molar-refractivity contribution < 1.29 is 14.6 Å². The number of nitrogens with one attached hydrogen (secondary N) is 1. The Hall–Kier alpha value is -2.81. The van der Waals surface area contributed by atoms with Gasteiger partial charge in [0.05, 0.1) is 18.0 Å². The minimum atomic E-state index is -0.298. The third kappa shape index (κ3) is 3.30. The van der Waals surface area contributed by atoms with Crippen molar-refractivity contribution in [3.05, 3.63) is 29.5 Å². The van der Waals surface area contributed by atoms with Gasteiger partial charge in [-0.1, -0.05) is 17.4 Å². The summed E-state index contributed by atoms with van der Waals surface area (Å²) >= 11 is 1.51. The summed E-state index contributed by atoms with van der Waals surface area (Å²) in [6, 6.07) is 3.89. The standard InChI is InChI=1S/C18H21N5O3S/c1-10-6-11(2)15(13(24)7-10)23-9-14-16(21-23)20-17(27-14)19-12-4-5-22(8-12)18(25)26-3/h6-7,9,12,24H,4-5,8H2,1-3H3,(H,19,20,21). The first kappa shape index (κ1) is 17.6. The molecule has 0 aliphatic carbocycles. The number of aromatic hydroxyl groups is 1. The zero-order chi connectivity index (χ0) is 19.1. The Labute approximate surface area is 160 Å². The number of benzene rings is 1. The average Bonchev–Trinajstić information content (AvgIpc) is 3.28. The number of methoxy groups -OCH3 is 1. The van der Waals surface area contributed by atoms with Crippen LogP contribution >= 0.6 is 11.3 Å². The van der Waals surface area contributed by atoms with Crippen LogP contribution in [-0.4, -0.2) is 57.1 Å². The molecule has 1 aliphatic heterocycles. The van der Waals surface area contributed by atoms with Crippen molar-refractivity contribution in [3.63, 3.8) is 0 Å². The molecule has 0 spiro atoms. The summed E-state index contributed by atoms with van der Waals surface area (Å²) in [5.74, 6) is 0.204. The summed E-state index contributed by atoms with van der Waals surface area (Å²) in [7, 11) is 1.39. The molecule has 1 aliphatic rings. The maximum atomic E-state index is 11.6. The number of fused-ring (bicyclic) bond motifs is 1. The van der Waals surface area contributed by atoms with Gasteiger partial charge in [0.15, 0.2) is 10.8 Å². The van der Waals surface area contributed by atoms with Gasteiger partial charge in [0.25, 0.3) is 0 Å². The highest BCUT2D eigenvalue weighted by Crippen LogP contribution is 2.31. The summed E-state index contributed by atoms with van der Waals surface area (Å²) in [5, 5.41) is 19.0. The van der Waals surface area contributed by atoms with Crippen LogP contribution < -0.4 is 5.32 Å². The second kappa shape index (κ2) is 6.73. The molecular formula is C18H21N5O3S. The summed E-state index contributed by atoms with van der Waals surface area (Å²) in [6.45, 7) is 5.17. The van der Waals surface area contributed by atoms with Gasteiger partial charge >= 0.3 is 6.09 Å². The topological polar surface area (TPSA) is 92.5 Å². The summed E-state index contributed by atoms with van der Waals surface area (Å²) < 4.78 is 7.37. The fourth-order valence-corrected chi connectivity index (χ4v) is 4.38. The summed E-state index contributed by atoms with van der Waals surface area (Å²) in [4.78, 5) is 17.8. The number of phenolic OH excluding ortho intramolecular Hbond substituents is 1. The predicted molar refractivity (Wildman–Crippen MR) is 104 cm³/mol. The van der Waals surface area contributed by atoms with E-state index < -0.39 is 0 Å². The van der Waals surface area contributed by atoms with Crippen molar-refractivity contribution in [2.75, 3.05) is 25.5 Å². The van der Waals surface area contributed by atoms with E-state index in [1.54, 1.807) is 15.6 Å². The number of aromatic nitrogens is 3. The van der Waals surface area contributed by atoms with Crippen molar-refractivity contribution >= 4 is 32.9 Å². The normalized spacial score (nSPS) is 16.9. The Morgan fingerprint density at radius 2 is 2.22 bits per heavy atom. The van der Waals surface area contributed by atoms with Crippen LogP contribution in [0.2, 0.25) is 0 Å². The first-order valence-electron chi connectivity index (χ1n) is 8.71. The van der Waals surface area contributed by atoms with E-state index in [9.17, 15) is 9.90 Å². The number of anilines is 1. The van der Waals surface area contributed by atoms with Crippen LogP contribution in [0.4, 0.5) is 9.93 Å². The lowest BCUT2D eigenvalue weighted by atomic mass is 10.1. The summed E-state index contributed by atoms with van der Waals surface area (Å²) in [5.41, 5.74) is 3.26. The molecule has 0 saturated carbocycles. The molecule has 2 N–H and O–H groups in total. The van der Waals surface area contributed by atoms with Gasteiger partial charge < -0.3 is 20.1 Å². The molecule has 3 heterocycles. The molecule has 1 fully saturated rings. The van der Waals surface area contributed by atoms with Gasteiger partial charge in [0, 0.05) is 19.1 Å². The first-order valence-corrected chi connectivity index (χ1v) is 9.52. The number of ether oxygens (including phenoxy) is 1. The van der Waals surface area contributed by atoms with Gasteiger partial charge in [0.1, 0.15) is 11.4 Å². The molecule has 1 aromatic carbocycles. The number of thiazole rings is 1. The Morgan fingerprint density at radius 1 is 1.41 bits per heavy atom. The Bertz CT molecular complexity index is 957. The second-order valence-electron chi connectivity index (χ2n) is 6.78. The molecule has 1 unspecified atom stereocenters. The monoisotopic (exact) mass is 387 g/mol. The molecule has 1 amide bonds. The van der Waals surface area contributed by atoms with Crippen LogP contribution in [0.25, 0.3) is 16.0 Å². The number of carbonyl (C=O) groups is 1. The van der Waals surface area contributed by atoms with Crippen LogP contribution in [0, 0.1) is 13.8 Å². The number of aryl methyl sites for hydroxylation is 2. The van der Waals surface area contributed by atoms with Crippen molar-refractivity contribution in [1.82, 2.24) is 19.7 Å². The van der Waals surface area contributed by atoms with Gasteiger partial charge in [-0.2, -0.15) is 4.98 Å². The van der Waals surface area contributed by atoms with Gasteiger partial charge in [-0.3, -0.25) is 0 Å². The Kier molecular flexibility index (Phi) is 4.39. The fourth-order valence-electron chi connectivity index (χ4n) is 3.48. The number of hydrogen-bond acceptors (Lipinski definition) is 7. The highest BCUT2D eigenvalue weighted by atomic mass is 32.1. The van der Waals surface area contributed by atoms with Crippen molar-refractivity contribution in [3.8, 4) is 11.4 Å². The molecule has 0 radical (unpaired) electrons. The molecule has 8 nitrogen and oxygen atoms in total. The molecular weight excluding hydrogens is 366 g/mol. The average molecular weight is 387 g/mol. The molecule has 4 rings (SSSR count). The molecule has 142 valence electrons.